The van der Waals surface area contributed by atoms with Gasteiger partial charge in [0.05, 0.1) is 6.07 Å². The number of hydrogen-bond acceptors (Lipinski definition) is 2. The number of likely N-dealkylation sites (tertiary alicyclic amines) is 1. The Bertz CT molecular complexity index is 428. The second-order valence-corrected chi connectivity index (χ2v) is 4.86. The van der Waals surface area contributed by atoms with Gasteiger partial charge in [0.15, 0.2) is 0 Å². The highest BCUT2D eigenvalue weighted by Gasteiger charge is 2.13. The molecule has 1 aromatic carbocycles. The van der Waals surface area contributed by atoms with Gasteiger partial charge < -0.3 is 0 Å². The van der Waals surface area contributed by atoms with Crippen LogP contribution in [0.25, 0.3) is 0 Å². The van der Waals surface area contributed by atoms with E-state index < -0.39 is 0 Å². The van der Waals surface area contributed by atoms with Gasteiger partial charge in [-0.15, -0.1) is 0 Å². The lowest BCUT2D eigenvalue weighted by molar-refractivity contribution is 0.257. The average Bonchev–Trinajstić information content (AvgIpc) is 2.41. The van der Waals surface area contributed by atoms with Crippen LogP contribution in [0.3, 0.4) is 0 Å². The second-order valence-electron chi connectivity index (χ2n) is 4.86. The summed E-state index contributed by atoms with van der Waals surface area (Å²) in [6.45, 7) is 3.29. The Kier molecular flexibility index (Phi) is 4.99. The molecule has 2 heteroatoms. The number of nitrogens with zero attached hydrogens (tertiary/aromatic N) is 2. The number of benzene rings is 1. The van der Waals surface area contributed by atoms with Gasteiger partial charge in [-0.1, -0.05) is 42.0 Å². The first-order valence-corrected chi connectivity index (χ1v) is 6.69. The summed E-state index contributed by atoms with van der Waals surface area (Å²) in [5, 5.41) is 8.55. The van der Waals surface area contributed by atoms with Gasteiger partial charge >= 0.3 is 0 Å². The quantitative estimate of drug-likeness (QED) is 0.595. The molecule has 0 N–H and O–H groups in total. The van der Waals surface area contributed by atoms with E-state index >= 15 is 0 Å². The average molecular weight is 240 g/mol. The fourth-order valence-electron chi connectivity index (χ4n) is 2.46. The van der Waals surface area contributed by atoms with Crippen LogP contribution in [-0.2, 0) is 6.54 Å². The topological polar surface area (TPSA) is 27.0 Å². The molecule has 0 aromatic heterocycles. The number of rotatable bonds is 4. The maximum absolute atomic E-state index is 8.55. The fourth-order valence-corrected chi connectivity index (χ4v) is 2.46. The number of hydrogen-bond donors (Lipinski definition) is 0. The van der Waals surface area contributed by atoms with Crippen molar-refractivity contribution < 1.29 is 0 Å². The molecular formula is C16H20N2. The molecule has 0 atom stereocenters. The molecule has 18 heavy (non-hydrogen) atoms. The van der Waals surface area contributed by atoms with Crippen LogP contribution in [0.15, 0.2) is 42.0 Å². The zero-order valence-corrected chi connectivity index (χ0v) is 10.8. The molecule has 0 amide bonds. The van der Waals surface area contributed by atoms with Crippen molar-refractivity contribution in [3.8, 4) is 6.07 Å². The van der Waals surface area contributed by atoms with Crippen molar-refractivity contribution >= 4 is 0 Å². The Morgan fingerprint density at radius 3 is 2.89 bits per heavy atom. The van der Waals surface area contributed by atoms with E-state index in [1.54, 1.807) is 0 Å². The third-order valence-corrected chi connectivity index (χ3v) is 3.34. The van der Waals surface area contributed by atoms with Gasteiger partial charge in [0.25, 0.3) is 0 Å². The van der Waals surface area contributed by atoms with Crippen molar-refractivity contribution in [2.45, 2.75) is 32.2 Å². The molecule has 2 rings (SSSR count). The van der Waals surface area contributed by atoms with Crippen molar-refractivity contribution in [3.63, 3.8) is 0 Å². The summed E-state index contributed by atoms with van der Waals surface area (Å²) in [6, 6.07) is 12.8. The molecule has 1 heterocycles. The first kappa shape index (κ1) is 12.9. The fraction of sp³-hybridized carbons (Fsp3) is 0.438. The zero-order valence-electron chi connectivity index (χ0n) is 10.8. The Morgan fingerprint density at radius 1 is 1.28 bits per heavy atom. The highest BCUT2D eigenvalue weighted by molar-refractivity contribution is 5.16. The smallest absolute Gasteiger partial charge is 0.0625 e. The van der Waals surface area contributed by atoms with Gasteiger partial charge in [-0.3, -0.25) is 4.90 Å². The van der Waals surface area contributed by atoms with Crippen LogP contribution in [-0.4, -0.2) is 18.0 Å². The van der Waals surface area contributed by atoms with Crippen LogP contribution < -0.4 is 0 Å². The number of allylic oxidation sites excluding steroid dienone is 1. The number of nitriles is 1. The lowest BCUT2D eigenvalue weighted by Gasteiger charge is -2.28. The van der Waals surface area contributed by atoms with Crippen LogP contribution in [0.4, 0.5) is 0 Å². The molecule has 1 saturated heterocycles. The largest absolute Gasteiger partial charge is 0.295 e. The lowest BCUT2D eigenvalue weighted by atomic mass is 10.0. The van der Waals surface area contributed by atoms with Crippen LogP contribution in [0.2, 0.25) is 0 Å². The summed E-state index contributed by atoms with van der Waals surface area (Å²) in [5.41, 5.74) is 2.89. The number of unbranched alkanes of at least 4 members (excludes halogenated alkanes) is 1. The Morgan fingerprint density at radius 2 is 2.11 bits per heavy atom. The van der Waals surface area contributed by atoms with Crippen molar-refractivity contribution in [2.24, 2.45) is 0 Å². The van der Waals surface area contributed by atoms with Gasteiger partial charge in [0, 0.05) is 19.5 Å². The standard InChI is InChI=1S/C16H20N2/c17-11-5-4-9-16-10-6-12-18(14-16)13-15-7-2-1-3-8-15/h1-3,7-9H,4-6,10,12-14H2/b16-9-. The van der Waals surface area contributed by atoms with E-state index in [0.717, 1.165) is 19.5 Å². The van der Waals surface area contributed by atoms with Crippen molar-refractivity contribution in [1.82, 2.24) is 4.90 Å². The normalized spacial score (nSPS) is 18.7. The van der Waals surface area contributed by atoms with E-state index in [1.807, 2.05) is 0 Å². The minimum Gasteiger partial charge on any atom is -0.295 e. The van der Waals surface area contributed by atoms with Gasteiger partial charge in [-0.25, -0.2) is 0 Å². The minimum atomic E-state index is 0.641. The van der Waals surface area contributed by atoms with E-state index in [0.29, 0.717) is 6.42 Å². The molecule has 2 nitrogen and oxygen atoms in total. The second kappa shape index (κ2) is 6.98. The molecule has 0 saturated carbocycles. The van der Waals surface area contributed by atoms with E-state index in [2.05, 4.69) is 47.4 Å². The minimum absolute atomic E-state index is 0.641. The predicted octanol–water partition coefficient (Wildman–Crippen LogP) is 3.51. The lowest BCUT2D eigenvalue weighted by Crippen LogP contribution is -2.30. The van der Waals surface area contributed by atoms with Gasteiger partial charge in [0.1, 0.15) is 0 Å². The summed E-state index contributed by atoms with van der Waals surface area (Å²) >= 11 is 0. The summed E-state index contributed by atoms with van der Waals surface area (Å²) in [7, 11) is 0. The molecule has 0 bridgehead atoms. The third kappa shape index (κ3) is 4.01. The number of piperidine rings is 1. The summed E-state index contributed by atoms with van der Waals surface area (Å²) in [6.07, 6.45) is 6.26. The zero-order chi connectivity index (χ0) is 12.6. The van der Waals surface area contributed by atoms with Crippen LogP contribution in [0, 0.1) is 11.3 Å². The van der Waals surface area contributed by atoms with Crippen molar-refractivity contribution in [1.29, 1.82) is 5.26 Å². The third-order valence-electron chi connectivity index (χ3n) is 3.34. The molecular weight excluding hydrogens is 220 g/mol. The van der Waals surface area contributed by atoms with E-state index in [4.69, 9.17) is 5.26 Å². The maximum Gasteiger partial charge on any atom is 0.0625 e. The highest BCUT2D eigenvalue weighted by Crippen LogP contribution is 2.18. The Hall–Kier alpha value is -1.59. The van der Waals surface area contributed by atoms with Crippen molar-refractivity contribution in [2.75, 3.05) is 13.1 Å². The van der Waals surface area contributed by atoms with Gasteiger partial charge in [0.2, 0.25) is 0 Å². The van der Waals surface area contributed by atoms with E-state index in [-0.39, 0.29) is 0 Å². The molecule has 1 aromatic rings. The molecule has 0 spiro atoms. The van der Waals surface area contributed by atoms with Gasteiger partial charge in [-0.05, 0) is 31.4 Å². The molecule has 0 unspecified atom stereocenters. The maximum atomic E-state index is 8.55. The van der Waals surface area contributed by atoms with Gasteiger partial charge in [-0.2, -0.15) is 5.26 Å². The SMILES string of the molecule is N#CCC/C=C1/CCCN(Cc2ccccc2)C1. The molecule has 0 aliphatic carbocycles. The predicted molar refractivity (Wildman–Crippen MR) is 73.9 cm³/mol. The van der Waals surface area contributed by atoms with E-state index in [9.17, 15) is 0 Å². The summed E-state index contributed by atoms with van der Waals surface area (Å²) in [5.74, 6) is 0. The summed E-state index contributed by atoms with van der Waals surface area (Å²) < 4.78 is 0. The Balaban J connectivity index is 1.87. The first-order valence-electron chi connectivity index (χ1n) is 6.69. The van der Waals surface area contributed by atoms with E-state index in [1.165, 1.54) is 30.5 Å². The Labute approximate surface area is 110 Å². The van der Waals surface area contributed by atoms with Crippen molar-refractivity contribution in [3.05, 3.63) is 47.5 Å². The van der Waals surface area contributed by atoms with Crippen LogP contribution in [0.5, 0.6) is 0 Å². The molecule has 94 valence electrons. The first-order chi connectivity index (χ1) is 8.88. The molecule has 1 aliphatic heterocycles. The van der Waals surface area contributed by atoms with Crippen LogP contribution >= 0.6 is 0 Å². The van der Waals surface area contributed by atoms with Crippen LogP contribution in [0.1, 0.15) is 31.2 Å². The highest BCUT2D eigenvalue weighted by atomic mass is 15.1. The molecule has 1 fully saturated rings. The molecule has 1 aliphatic rings. The summed E-state index contributed by atoms with van der Waals surface area (Å²) in [4.78, 5) is 2.50. The monoisotopic (exact) mass is 240 g/mol. The molecule has 0 radical (unpaired) electrons.